The molecule has 0 saturated carbocycles. The topological polar surface area (TPSA) is 38.3 Å². The number of carbonyl (C=O) groups excluding carboxylic acids is 1. The van der Waals surface area contributed by atoms with Gasteiger partial charge in [-0.1, -0.05) is 42.6 Å². The third kappa shape index (κ3) is 5.29. The van der Waals surface area contributed by atoms with Crippen LogP contribution in [0, 0.1) is 0 Å². The summed E-state index contributed by atoms with van der Waals surface area (Å²) in [7, 11) is 0. The summed E-state index contributed by atoms with van der Waals surface area (Å²) in [5.74, 6) is 0. The molecule has 0 aliphatic rings. The number of nitrogens with one attached hydrogen (secondary N) is 1. The molecule has 5 heteroatoms. The summed E-state index contributed by atoms with van der Waals surface area (Å²) in [5.41, 5.74) is 0.881. The maximum atomic E-state index is 11.3. The molecular weight excluding hydrogens is 261 g/mol. The second kappa shape index (κ2) is 7.41. The van der Waals surface area contributed by atoms with E-state index < -0.39 is 6.09 Å². The van der Waals surface area contributed by atoms with Gasteiger partial charge in [-0.2, -0.15) is 0 Å². The fourth-order valence-corrected chi connectivity index (χ4v) is 1.50. The van der Waals surface area contributed by atoms with Crippen molar-refractivity contribution >= 4 is 29.3 Å². The van der Waals surface area contributed by atoms with Crippen molar-refractivity contribution in [1.29, 1.82) is 0 Å². The average Bonchev–Trinajstić information content (AvgIpc) is 2.31. The van der Waals surface area contributed by atoms with Crippen molar-refractivity contribution in [2.75, 3.05) is 6.61 Å². The van der Waals surface area contributed by atoms with E-state index >= 15 is 0 Å². The first-order valence-corrected chi connectivity index (χ1v) is 6.23. The molecule has 0 aromatic heterocycles. The summed E-state index contributed by atoms with van der Waals surface area (Å²) in [6, 6.07) is 5.22. The molecule has 0 radical (unpaired) electrons. The van der Waals surface area contributed by atoms with Gasteiger partial charge in [-0.25, -0.2) is 4.79 Å². The van der Waals surface area contributed by atoms with E-state index in [1.807, 2.05) is 6.92 Å². The number of alkyl carbamates (subject to hydrolysis) is 1. The summed E-state index contributed by atoms with van der Waals surface area (Å²) in [6.45, 7) is 2.86. The normalized spacial score (nSPS) is 10.1. The van der Waals surface area contributed by atoms with Gasteiger partial charge in [0.2, 0.25) is 0 Å². The molecule has 1 aromatic rings. The van der Waals surface area contributed by atoms with Crippen molar-refractivity contribution in [3.8, 4) is 0 Å². The largest absolute Gasteiger partial charge is 0.450 e. The standard InChI is InChI=1S/C12H15Cl2NO2/c1-2-3-6-17-12(16)15-8-9-4-5-10(13)11(14)7-9/h4-5,7H,2-3,6,8H2,1H3,(H,15,16). The minimum absolute atomic E-state index is 0.377. The zero-order chi connectivity index (χ0) is 12.7. The Morgan fingerprint density at radius 2 is 2.12 bits per heavy atom. The molecule has 1 aromatic carbocycles. The molecule has 0 aliphatic heterocycles. The summed E-state index contributed by atoms with van der Waals surface area (Å²) in [6.07, 6.45) is 1.46. The van der Waals surface area contributed by atoms with Crippen LogP contribution in [0.2, 0.25) is 10.0 Å². The molecule has 0 spiro atoms. The van der Waals surface area contributed by atoms with Crippen LogP contribution in [-0.4, -0.2) is 12.7 Å². The smallest absolute Gasteiger partial charge is 0.407 e. The predicted octanol–water partition coefficient (Wildman–Crippen LogP) is 4.02. The number of halogens is 2. The molecule has 0 fully saturated rings. The zero-order valence-corrected chi connectivity index (χ0v) is 11.1. The van der Waals surface area contributed by atoms with Crippen LogP contribution in [0.1, 0.15) is 25.3 Å². The molecule has 0 aliphatic carbocycles. The van der Waals surface area contributed by atoms with Crippen molar-refractivity contribution in [1.82, 2.24) is 5.32 Å². The Morgan fingerprint density at radius 1 is 1.35 bits per heavy atom. The van der Waals surface area contributed by atoms with Crippen LogP contribution >= 0.6 is 23.2 Å². The highest BCUT2D eigenvalue weighted by molar-refractivity contribution is 6.42. The fraction of sp³-hybridized carbons (Fsp3) is 0.417. The highest BCUT2D eigenvalue weighted by Gasteiger charge is 2.03. The number of rotatable bonds is 5. The molecule has 1 rings (SSSR count). The number of hydrogen-bond acceptors (Lipinski definition) is 2. The van der Waals surface area contributed by atoms with Gasteiger partial charge < -0.3 is 10.1 Å². The number of hydrogen-bond donors (Lipinski definition) is 1. The first-order valence-electron chi connectivity index (χ1n) is 5.48. The SMILES string of the molecule is CCCCOC(=O)NCc1ccc(Cl)c(Cl)c1. The van der Waals surface area contributed by atoms with E-state index in [0.29, 0.717) is 23.2 Å². The maximum Gasteiger partial charge on any atom is 0.407 e. The van der Waals surface area contributed by atoms with Crippen LogP contribution < -0.4 is 5.32 Å². The Labute approximate surface area is 111 Å². The maximum absolute atomic E-state index is 11.3. The number of amides is 1. The molecular formula is C12H15Cl2NO2. The summed E-state index contributed by atoms with van der Waals surface area (Å²) >= 11 is 11.6. The lowest BCUT2D eigenvalue weighted by atomic mass is 10.2. The van der Waals surface area contributed by atoms with Crippen LogP contribution in [0.4, 0.5) is 4.79 Å². The van der Waals surface area contributed by atoms with Gasteiger partial charge >= 0.3 is 6.09 Å². The number of benzene rings is 1. The number of carbonyl (C=O) groups is 1. The minimum atomic E-state index is -0.412. The molecule has 17 heavy (non-hydrogen) atoms. The molecule has 94 valence electrons. The van der Waals surface area contributed by atoms with Crippen LogP contribution in [-0.2, 0) is 11.3 Å². The molecule has 0 atom stereocenters. The average molecular weight is 276 g/mol. The highest BCUT2D eigenvalue weighted by Crippen LogP contribution is 2.22. The van der Waals surface area contributed by atoms with Gasteiger partial charge in [-0.05, 0) is 24.1 Å². The van der Waals surface area contributed by atoms with Crippen LogP contribution in [0.3, 0.4) is 0 Å². The second-order valence-corrected chi connectivity index (χ2v) is 4.41. The fourth-order valence-electron chi connectivity index (χ4n) is 1.18. The van der Waals surface area contributed by atoms with E-state index in [0.717, 1.165) is 18.4 Å². The lowest BCUT2D eigenvalue weighted by Gasteiger charge is -2.07. The Kier molecular flexibility index (Phi) is 6.16. The van der Waals surface area contributed by atoms with Gasteiger partial charge in [0.1, 0.15) is 0 Å². The number of ether oxygens (including phenoxy) is 1. The highest BCUT2D eigenvalue weighted by atomic mass is 35.5. The van der Waals surface area contributed by atoms with Gasteiger partial charge in [0.05, 0.1) is 16.7 Å². The first-order chi connectivity index (χ1) is 8.13. The third-order valence-corrected chi connectivity index (χ3v) is 2.89. The lowest BCUT2D eigenvalue weighted by Crippen LogP contribution is -2.24. The van der Waals surface area contributed by atoms with E-state index in [4.69, 9.17) is 27.9 Å². The number of unbranched alkanes of at least 4 members (excludes halogenated alkanes) is 1. The van der Waals surface area contributed by atoms with Gasteiger partial charge in [0.25, 0.3) is 0 Å². The quantitative estimate of drug-likeness (QED) is 0.825. The van der Waals surface area contributed by atoms with E-state index in [1.54, 1.807) is 18.2 Å². The Morgan fingerprint density at radius 3 is 2.76 bits per heavy atom. The molecule has 0 saturated heterocycles. The molecule has 0 unspecified atom stereocenters. The van der Waals surface area contributed by atoms with E-state index in [1.165, 1.54) is 0 Å². The molecule has 1 N–H and O–H groups in total. The Hall–Kier alpha value is -0.930. The second-order valence-electron chi connectivity index (χ2n) is 3.59. The van der Waals surface area contributed by atoms with Crippen molar-refractivity contribution in [2.45, 2.75) is 26.3 Å². The Balaban J connectivity index is 2.34. The monoisotopic (exact) mass is 275 g/mol. The van der Waals surface area contributed by atoms with Crippen molar-refractivity contribution in [2.24, 2.45) is 0 Å². The van der Waals surface area contributed by atoms with Crippen LogP contribution in [0.5, 0.6) is 0 Å². The summed E-state index contributed by atoms with van der Waals surface area (Å²) in [4.78, 5) is 11.3. The van der Waals surface area contributed by atoms with Gasteiger partial charge in [0.15, 0.2) is 0 Å². The summed E-state index contributed by atoms with van der Waals surface area (Å²) in [5, 5.41) is 3.62. The van der Waals surface area contributed by atoms with Crippen molar-refractivity contribution in [3.05, 3.63) is 33.8 Å². The van der Waals surface area contributed by atoms with Crippen molar-refractivity contribution < 1.29 is 9.53 Å². The lowest BCUT2D eigenvalue weighted by molar-refractivity contribution is 0.144. The Bertz CT molecular complexity index is 383. The molecule has 0 bridgehead atoms. The van der Waals surface area contributed by atoms with Gasteiger partial charge in [-0.15, -0.1) is 0 Å². The molecule has 3 nitrogen and oxygen atoms in total. The molecule has 0 heterocycles. The third-order valence-electron chi connectivity index (χ3n) is 2.15. The molecule has 1 amide bonds. The van der Waals surface area contributed by atoms with E-state index in [2.05, 4.69) is 5.32 Å². The first kappa shape index (κ1) is 14.1. The van der Waals surface area contributed by atoms with Crippen LogP contribution in [0.25, 0.3) is 0 Å². The predicted molar refractivity (Wildman–Crippen MR) is 69.6 cm³/mol. The van der Waals surface area contributed by atoms with E-state index in [9.17, 15) is 4.79 Å². The van der Waals surface area contributed by atoms with Gasteiger partial charge in [0, 0.05) is 6.54 Å². The minimum Gasteiger partial charge on any atom is -0.450 e. The van der Waals surface area contributed by atoms with Crippen LogP contribution in [0.15, 0.2) is 18.2 Å². The summed E-state index contributed by atoms with van der Waals surface area (Å²) < 4.78 is 4.95. The van der Waals surface area contributed by atoms with E-state index in [-0.39, 0.29) is 0 Å². The van der Waals surface area contributed by atoms with Crippen molar-refractivity contribution in [3.63, 3.8) is 0 Å². The zero-order valence-electron chi connectivity index (χ0n) is 9.63. The van der Waals surface area contributed by atoms with Gasteiger partial charge in [-0.3, -0.25) is 0 Å².